The van der Waals surface area contributed by atoms with Gasteiger partial charge in [-0.1, -0.05) is 20.8 Å². The number of ether oxygens (including phenoxy) is 1. The third kappa shape index (κ3) is 4.91. The topological polar surface area (TPSA) is 52.1 Å². The zero-order valence-corrected chi connectivity index (χ0v) is 14.3. The van der Waals surface area contributed by atoms with Gasteiger partial charge in [0.2, 0.25) is 0 Å². The van der Waals surface area contributed by atoms with Gasteiger partial charge < -0.3 is 4.74 Å². The molecule has 0 aliphatic rings. The number of rotatable bonds is 5. The van der Waals surface area contributed by atoms with Gasteiger partial charge in [-0.25, -0.2) is 4.98 Å². The number of thiazole rings is 1. The fraction of sp³-hybridized carbons (Fsp3) is 0.471. The standard InChI is InChI=1S/C17H22N2O2S/c1-12(9-13-5-7-18-8-6-13)21-15(20)10-14-11-22-16(19-14)17(2,3)4/h5-8,11-12H,9-10H2,1-4H3. The van der Waals surface area contributed by atoms with Crippen LogP contribution in [0.2, 0.25) is 0 Å². The molecule has 0 saturated carbocycles. The van der Waals surface area contributed by atoms with Crippen LogP contribution in [-0.2, 0) is 27.8 Å². The SMILES string of the molecule is CC(Cc1ccncc1)OC(=O)Cc1csc(C(C)(C)C)n1. The first-order chi connectivity index (χ1) is 10.3. The van der Waals surface area contributed by atoms with Gasteiger partial charge in [0.05, 0.1) is 17.1 Å². The van der Waals surface area contributed by atoms with Crippen LogP contribution in [-0.4, -0.2) is 22.0 Å². The number of hydrogen-bond acceptors (Lipinski definition) is 5. The van der Waals surface area contributed by atoms with E-state index in [-0.39, 0.29) is 23.9 Å². The Balaban J connectivity index is 1.86. The first kappa shape index (κ1) is 16.6. The van der Waals surface area contributed by atoms with Gasteiger partial charge in [-0.3, -0.25) is 9.78 Å². The third-order valence-electron chi connectivity index (χ3n) is 3.12. The van der Waals surface area contributed by atoms with Crippen molar-refractivity contribution in [2.45, 2.75) is 52.1 Å². The first-order valence-electron chi connectivity index (χ1n) is 7.38. The largest absolute Gasteiger partial charge is 0.462 e. The second-order valence-electron chi connectivity index (χ2n) is 6.43. The molecule has 2 rings (SSSR count). The maximum atomic E-state index is 12.0. The molecular formula is C17H22N2O2S. The molecule has 2 aromatic rings. The van der Waals surface area contributed by atoms with Gasteiger partial charge in [-0.05, 0) is 24.6 Å². The minimum Gasteiger partial charge on any atom is -0.462 e. The molecule has 118 valence electrons. The van der Waals surface area contributed by atoms with E-state index in [0.29, 0.717) is 6.42 Å². The summed E-state index contributed by atoms with van der Waals surface area (Å²) in [5, 5.41) is 2.98. The van der Waals surface area contributed by atoms with Crippen molar-refractivity contribution in [1.29, 1.82) is 0 Å². The molecule has 1 unspecified atom stereocenters. The van der Waals surface area contributed by atoms with E-state index in [4.69, 9.17) is 4.74 Å². The number of pyridine rings is 1. The Morgan fingerprint density at radius 1 is 1.32 bits per heavy atom. The van der Waals surface area contributed by atoms with E-state index in [0.717, 1.165) is 16.3 Å². The molecule has 0 saturated heterocycles. The van der Waals surface area contributed by atoms with Crippen LogP contribution in [0.4, 0.5) is 0 Å². The van der Waals surface area contributed by atoms with Gasteiger partial charge in [0.25, 0.3) is 0 Å². The zero-order valence-electron chi connectivity index (χ0n) is 13.5. The molecule has 0 radical (unpaired) electrons. The second-order valence-corrected chi connectivity index (χ2v) is 7.29. The Bertz CT molecular complexity index is 617. The smallest absolute Gasteiger partial charge is 0.312 e. The Morgan fingerprint density at radius 3 is 2.59 bits per heavy atom. The number of esters is 1. The van der Waals surface area contributed by atoms with E-state index >= 15 is 0 Å². The van der Waals surface area contributed by atoms with Crippen molar-refractivity contribution in [3.63, 3.8) is 0 Å². The fourth-order valence-corrected chi connectivity index (χ4v) is 2.95. The minimum absolute atomic E-state index is 0.0153. The lowest BCUT2D eigenvalue weighted by Gasteiger charge is -2.14. The summed E-state index contributed by atoms with van der Waals surface area (Å²) in [5.41, 5.74) is 1.91. The predicted molar refractivity (Wildman–Crippen MR) is 88.0 cm³/mol. The molecule has 0 fully saturated rings. The van der Waals surface area contributed by atoms with Crippen LogP contribution < -0.4 is 0 Å². The maximum absolute atomic E-state index is 12.0. The summed E-state index contributed by atoms with van der Waals surface area (Å²) in [7, 11) is 0. The average molecular weight is 318 g/mol. The van der Waals surface area contributed by atoms with Gasteiger partial charge in [0, 0.05) is 29.6 Å². The lowest BCUT2D eigenvalue weighted by atomic mass is 9.98. The number of nitrogens with zero attached hydrogens (tertiary/aromatic N) is 2. The lowest BCUT2D eigenvalue weighted by Crippen LogP contribution is -2.19. The molecule has 5 heteroatoms. The number of carbonyl (C=O) groups excluding carboxylic acids is 1. The third-order valence-corrected chi connectivity index (χ3v) is 4.44. The van der Waals surface area contributed by atoms with E-state index in [1.54, 1.807) is 23.7 Å². The van der Waals surface area contributed by atoms with Gasteiger partial charge in [-0.15, -0.1) is 11.3 Å². The van der Waals surface area contributed by atoms with E-state index in [9.17, 15) is 4.79 Å². The number of aromatic nitrogens is 2. The summed E-state index contributed by atoms with van der Waals surface area (Å²) in [6.45, 7) is 8.25. The summed E-state index contributed by atoms with van der Waals surface area (Å²) >= 11 is 1.59. The highest BCUT2D eigenvalue weighted by Crippen LogP contribution is 2.25. The van der Waals surface area contributed by atoms with Gasteiger partial charge in [0.15, 0.2) is 0 Å². The summed E-state index contributed by atoms with van der Waals surface area (Å²) in [6, 6.07) is 3.86. The van der Waals surface area contributed by atoms with Crippen LogP contribution in [0.25, 0.3) is 0 Å². The highest BCUT2D eigenvalue weighted by atomic mass is 32.1. The molecule has 0 spiro atoms. The molecule has 0 aliphatic carbocycles. The molecule has 2 heterocycles. The summed E-state index contributed by atoms with van der Waals surface area (Å²) in [4.78, 5) is 20.5. The van der Waals surface area contributed by atoms with Gasteiger partial charge >= 0.3 is 5.97 Å². The highest BCUT2D eigenvalue weighted by Gasteiger charge is 2.19. The second kappa shape index (κ2) is 7.01. The molecule has 0 amide bonds. The van der Waals surface area contributed by atoms with Crippen LogP contribution in [0.15, 0.2) is 29.9 Å². The maximum Gasteiger partial charge on any atom is 0.312 e. The molecule has 4 nitrogen and oxygen atoms in total. The Labute approximate surface area is 135 Å². The van der Waals surface area contributed by atoms with Crippen molar-refractivity contribution in [2.24, 2.45) is 0 Å². The lowest BCUT2D eigenvalue weighted by molar-refractivity contribution is -0.147. The molecule has 22 heavy (non-hydrogen) atoms. The number of carbonyl (C=O) groups is 1. The van der Waals surface area contributed by atoms with Crippen LogP contribution in [0, 0.1) is 0 Å². The van der Waals surface area contributed by atoms with Crippen molar-refractivity contribution in [3.8, 4) is 0 Å². The van der Waals surface area contributed by atoms with Crippen LogP contribution in [0.5, 0.6) is 0 Å². The summed E-state index contributed by atoms with van der Waals surface area (Å²) in [5.74, 6) is -0.229. The Kier molecular flexibility index (Phi) is 5.29. The van der Waals surface area contributed by atoms with Crippen LogP contribution in [0.1, 0.15) is 44.0 Å². The van der Waals surface area contributed by atoms with Crippen molar-refractivity contribution in [2.75, 3.05) is 0 Å². The average Bonchev–Trinajstić information content (AvgIpc) is 2.87. The molecule has 0 bridgehead atoms. The monoisotopic (exact) mass is 318 g/mol. The fourth-order valence-electron chi connectivity index (χ4n) is 2.04. The Morgan fingerprint density at radius 2 is 2.00 bits per heavy atom. The minimum atomic E-state index is -0.229. The van der Waals surface area contributed by atoms with Crippen molar-refractivity contribution in [1.82, 2.24) is 9.97 Å². The van der Waals surface area contributed by atoms with Gasteiger partial charge in [0.1, 0.15) is 6.10 Å². The van der Waals surface area contributed by atoms with E-state index < -0.39 is 0 Å². The summed E-state index contributed by atoms with van der Waals surface area (Å²) in [6.07, 6.45) is 4.25. The molecule has 0 aromatic carbocycles. The molecule has 0 aliphatic heterocycles. The first-order valence-corrected chi connectivity index (χ1v) is 8.26. The van der Waals surface area contributed by atoms with Crippen LogP contribution in [0.3, 0.4) is 0 Å². The van der Waals surface area contributed by atoms with Crippen molar-refractivity contribution >= 4 is 17.3 Å². The van der Waals surface area contributed by atoms with Crippen molar-refractivity contribution in [3.05, 3.63) is 46.2 Å². The molecule has 2 aromatic heterocycles. The van der Waals surface area contributed by atoms with E-state index in [1.807, 2.05) is 24.4 Å². The Hall–Kier alpha value is -1.75. The van der Waals surface area contributed by atoms with Crippen molar-refractivity contribution < 1.29 is 9.53 Å². The molecular weight excluding hydrogens is 296 g/mol. The molecule has 1 atom stereocenters. The summed E-state index contributed by atoms with van der Waals surface area (Å²) < 4.78 is 5.46. The van der Waals surface area contributed by atoms with Crippen LogP contribution >= 0.6 is 11.3 Å². The van der Waals surface area contributed by atoms with Gasteiger partial charge in [-0.2, -0.15) is 0 Å². The van der Waals surface area contributed by atoms with E-state index in [2.05, 4.69) is 30.7 Å². The predicted octanol–water partition coefficient (Wildman–Crippen LogP) is 3.55. The zero-order chi connectivity index (χ0) is 16.2. The molecule has 0 N–H and O–H groups in total. The highest BCUT2D eigenvalue weighted by molar-refractivity contribution is 7.09. The number of hydrogen-bond donors (Lipinski definition) is 0. The quantitative estimate of drug-likeness (QED) is 0.791. The van der Waals surface area contributed by atoms with E-state index in [1.165, 1.54) is 0 Å². The normalized spacial score (nSPS) is 12.9.